The third-order valence-electron chi connectivity index (χ3n) is 3.41. The lowest BCUT2D eigenvalue weighted by atomic mass is 10.1. The van der Waals surface area contributed by atoms with E-state index in [4.69, 9.17) is 0 Å². The van der Waals surface area contributed by atoms with Gasteiger partial charge in [-0.3, -0.25) is 0 Å². The van der Waals surface area contributed by atoms with E-state index in [0.717, 1.165) is 28.3 Å². The number of anilines is 1. The molecule has 3 aromatic rings. The zero-order chi connectivity index (χ0) is 14.8. The second-order valence-corrected chi connectivity index (χ2v) is 5.13. The van der Waals surface area contributed by atoms with Crippen LogP contribution < -0.4 is 4.90 Å². The van der Waals surface area contributed by atoms with Crippen LogP contribution in [0.15, 0.2) is 54.7 Å². The fraction of sp³-hybridized carbons (Fsp3) is 0.118. The molecule has 0 radical (unpaired) electrons. The van der Waals surface area contributed by atoms with Crippen LogP contribution in [0.1, 0.15) is 0 Å². The standard InChI is InChI=1S/C17H17N3O/c1-20(2)14-7-3-12(4-8-14)16-11-18-17(19-16)13-5-9-15(21)10-6-13/h3-11,21H,1-2H3,(H,18,19). The normalized spacial score (nSPS) is 10.6. The van der Waals surface area contributed by atoms with Crippen molar-refractivity contribution in [2.75, 3.05) is 19.0 Å². The lowest BCUT2D eigenvalue weighted by molar-refractivity contribution is 0.475. The van der Waals surface area contributed by atoms with Crippen molar-refractivity contribution < 1.29 is 5.11 Å². The molecule has 1 heterocycles. The molecule has 2 N–H and O–H groups in total. The third-order valence-corrected chi connectivity index (χ3v) is 3.41. The second-order valence-electron chi connectivity index (χ2n) is 5.13. The fourth-order valence-corrected chi connectivity index (χ4v) is 2.17. The van der Waals surface area contributed by atoms with Crippen LogP contribution in [0.5, 0.6) is 5.75 Å². The topological polar surface area (TPSA) is 52.1 Å². The number of nitrogens with one attached hydrogen (secondary N) is 1. The first-order valence-corrected chi connectivity index (χ1v) is 6.75. The number of aromatic nitrogens is 2. The summed E-state index contributed by atoms with van der Waals surface area (Å²) < 4.78 is 0. The van der Waals surface area contributed by atoms with Crippen LogP contribution in [-0.4, -0.2) is 29.2 Å². The van der Waals surface area contributed by atoms with Crippen LogP contribution in [0.2, 0.25) is 0 Å². The van der Waals surface area contributed by atoms with E-state index < -0.39 is 0 Å². The number of benzene rings is 2. The van der Waals surface area contributed by atoms with Crippen LogP contribution in [0.3, 0.4) is 0 Å². The van der Waals surface area contributed by atoms with E-state index in [-0.39, 0.29) is 5.75 Å². The Kier molecular flexibility index (Phi) is 3.36. The molecule has 0 fully saturated rings. The number of nitrogens with zero attached hydrogens (tertiary/aromatic N) is 2. The summed E-state index contributed by atoms with van der Waals surface area (Å²) in [5, 5.41) is 9.32. The van der Waals surface area contributed by atoms with E-state index >= 15 is 0 Å². The summed E-state index contributed by atoms with van der Waals surface area (Å²) in [6.45, 7) is 0. The summed E-state index contributed by atoms with van der Waals surface area (Å²) in [6.07, 6.45) is 1.83. The first-order valence-electron chi connectivity index (χ1n) is 6.75. The summed E-state index contributed by atoms with van der Waals surface area (Å²) in [7, 11) is 4.04. The Morgan fingerprint density at radius 1 is 0.905 bits per heavy atom. The summed E-state index contributed by atoms with van der Waals surface area (Å²) in [5.41, 5.74) is 4.18. The van der Waals surface area contributed by atoms with Gasteiger partial charge in [0.2, 0.25) is 0 Å². The summed E-state index contributed by atoms with van der Waals surface area (Å²) in [6, 6.07) is 15.3. The minimum atomic E-state index is 0.254. The number of rotatable bonds is 3. The van der Waals surface area contributed by atoms with Crippen LogP contribution in [0.25, 0.3) is 22.6 Å². The van der Waals surface area contributed by atoms with Gasteiger partial charge in [0.15, 0.2) is 0 Å². The summed E-state index contributed by atoms with van der Waals surface area (Å²) in [5.74, 6) is 1.05. The highest BCUT2D eigenvalue weighted by atomic mass is 16.3. The number of hydrogen-bond acceptors (Lipinski definition) is 3. The van der Waals surface area contributed by atoms with Gasteiger partial charge in [0.05, 0.1) is 11.9 Å². The highest BCUT2D eigenvalue weighted by molar-refractivity contribution is 5.66. The largest absolute Gasteiger partial charge is 0.508 e. The molecule has 2 aromatic carbocycles. The first-order chi connectivity index (χ1) is 10.1. The SMILES string of the molecule is CN(C)c1ccc(-c2cnc(-c3ccc(O)cc3)[nH]2)cc1. The third kappa shape index (κ3) is 2.74. The van der Waals surface area contributed by atoms with Gasteiger partial charge in [0.1, 0.15) is 11.6 Å². The number of phenolic OH excluding ortho intramolecular Hbond substituents is 1. The van der Waals surface area contributed by atoms with Crippen LogP contribution in [0, 0.1) is 0 Å². The Bertz CT molecular complexity index is 727. The van der Waals surface area contributed by atoms with Crippen molar-refractivity contribution in [3.63, 3.8) is 0 Å². The molecule has 0 unspecified atom stereocenters. The van der Waals surface area contributed by atoms with Crippen LogP contribution in [0.4, 0.5) is 5.69 Å². The van der Waals surface area contributed by atoms with Gasteiger partial charge >= 0.3 is 0 Å². The van der Waals surface area contributed by atoms with Gasteiger partial charge in [0, 0.05) is 25.3 Å². The summed E-state index contributed by atoms with van der Waals surface area (Å²) in [4.78, 5) is 9.78. The van der Waals surface area contributed by atoms with E-state index in [0.29, 0.717) is 0 Å². The number of H-pyrrole nitrogens is 1. The van der Waals surface area contributed by atoms with E-state index in [1.54, 1.807) is 12.1 Å². The molecule has 3 rings (SSSR count). The maximum atomic E-state index is 9.32. The molecule has 0 saturated heterocycles. The quantitative estimate of drug-likeness (QED) is 0.771. The maximum absolute atomic E-state index is 9.32. The number of aromatic amines is 1. The van der Waals surface area contributed by atoms with E-state index in [9.17, 15) is 5.11 Å². The molecule has 0 aliphatic carbocycles. The number of phenols is 1. The van der Waals surface area contributed by atoms with Gasteiger partial charge < -0.3 is 15.0 Å². The monoisotopic (exact) mass is 279 g/mol. The Hall–Kier alpha value is -2.75. The lowest BCUT2D eigenvalue weighted by Crippen LogP contribution is -2.07. The highest BCUT2D eigenvalue weighted by Gasteiger charge is 2.06. The van der Waals surface area contributed by atoms with E-state index in [1.165, 1.54) is 0 Å². The van der Waals surface area contributed by atoms with Gasteiger partial charge in [-0.2, -0.15) is 0 Å². The van der Waals surface area contributed by atoms with Gasteiger partial charge in [-0.05, 0) is 42.0 Å². The Morgan fingerprint density at radius 2 is 1.52 bits per heavy atom. The van der Waals surface area contributed by atoms with Gasteiger partial charge in [-0.1, -0.05) is 12.1 Å². The molecular weight excluding hydrogens is 262 g/mol. The van der Waals surface area contributed by atoms with Crippen molar-refractivity contribution in [2.24, 2.45) is 0 Å². The molecule has 0 spiro atoms. The molecule has 21 heavy (non-hydrogen) atoms. The predicted octanol–water partition coefficient (Wildman–Crippen LogP) is 3.52. The Labute approximate surface area is 123 Å². The van der Waals surface area contributed by atoms with Gasteiger partial charge in [0.25, 0.3) is 0 Å². The Morgan fingerprint density at radius 3 is 2.14 bits per heavy atom. The van der Waals surface area contributed by atoms with Gasteiger partial charge in [-0.15, -0.1) is 0 Å². The molecule has 0 atom stereocenters. The predicted molar refractivity (Wildman–Crippen MR) is 85.5 cm³/mol. The highest BCUT2D eigenvalue weighted by Crippen LogP contribution is 2.24. The second kappa shape index (κ2) is 5.32. The van der Waals surface area contributed by atoms with Crippen molar-refractivity contribution in [3.8, 4) is 28.4 Å². The van der Waals surface area contributed by atoms with Crippen LogP contribution in [-0.2, 0) is 0 Å². The summed E-state index contributed by atoms with van der Waals surface area (Å²) >= 11 is 0. The molecule has 0 saturated carbocycles. The van der Waals surface area contributed by atoms with Crippen molar-refractivity contribution in [1.82, 2.24) is 9.97 Å². The molecule has 0 bridgehead atoms. The molecule has 0 aliphatic rings. The molecule has 106 valence electrons. The number of aromatic hydroxyl groups is 1. The number of hydrogen-bond donors (Lipinski definition) is 2. The minimum Gasteiger partial charge on any atom is -0.508 e. The zero-order valence-corrected chi connectivity index (χ0v) is 12.0. The maximum Gasteiger partial charge on any atom is 0.137 e. The number of imidazole rings is 1. The van der Waals surface area contributed by atoms with Crippen molar-refractivity contribution >= 4 is 5.69 Å². The van der Waals surface area contributed by atoms with Gasteiger partial charge in [-0.25, -0.2) is 4.98 Å². The zero-order valence-electron chi connectivity index (χ0n) is 12.0. The smallest absolute Gasteiger partial charge is 0.137 e. The van der Waals surface area contributed by atoms with Crippen molar-refractivity contribution in [1.29, 1.82) is 0 Å². The van der Waals surface area contributed by atoms with E-state index in [1.807, 2.05) is 32.4 Å². The lowest BCUT2D eigenvalue weighted by Gasteiger charge is -2.12. The fourth-order valence-electron chi connectivity index (χ4n) is 2.17. The van der Waals surface area contributed by atoms with E-state index in [2.05, 4.69) is 39.1 Å². The van der Waals surface area contributed by atoms with Crippen LogP contribution >= 0.6 is 0 Å². The average molecular weight is 279 g/mol. The Balaban J connectivity index is 1.89. The van der Waals surface area contributed by atoms with Crippen molar-refractivity contribution in [3.05, 3.63) is 54.7 Å². The molecular formula is C17H17N3O. The molecule has 4 nitrogen and oxygen atoms in total. The molecule has 0 amide bonds. The molecule has 0 aliphatic heterocycles. The average Bonchev–Trinajstić information content (AvgIpc) is 2.98. The van der Waals surface area contributed by atoms with Crippen molar-refractivity contribution in [2.45, 2.75) is 0 Å². The first kappa shape index (κ1) is 13.2. The molecule has 1 aromatic heterocycles. The minimum absolute atomic E-state index is 0.254. The molecule has 4 heteroatoms.